The average molecular weight is 506 g/mol. The highest BCUT2D eigenvalue weighted by molar-refractivity contribution is 6.42. The third kappa shape index (κ3) is 3.79. The Morgan fingerprint density at radius 3 is 2.68 bits per heavy atom. The number of β-amino-alcohol motifs (C(OH)–C–C–N with tert-alkyl or cyclic N) is 1. The second-order valence-electron chi connectivity index (χ2n) is 8.25. The van der Waals surface area contributed by atoms with Crippen LogP contribution in [0.5, 0.6) is 0 Å². The molecule has 1 saturated heterocycles. The van der Waals surface area contributed by atoms with Crippen molar-refractivity contribution in [2.24, 2.45) is 14.1 Å². The quantitative estimate of drug-likeness (QED) is 0.445. The summed E-state index contributed by atoms with van der Waals surface area (Å²) in [5, 5.41) is 19.2. The SMILES string of the molecule is Cn1c(=O)c2c(nc(N3CCCC(O)C3)n2Cc2nnc(-c3ccc(Cl)c(Cl)c3)o2)n(C)c1=O. The molecule has 4 heterocycles. The number of nitrogens with zero attached hydrogens (tertiary/aromatic N) is 7. The number of aromatic nitrogens is 6. The second kappa shape index (κ2) is 8.57. The number of anilines is 1. The first-order chi connectivity index (χ1) is 16.2. The molecule has 0 spiro atoms. The van der Waals surface area contributed by atoms with Crippen molar-refractivity contribution in [2.75, 3.05) is 18.0 Å². The van der Waals surface area contributed by atoms with Crippen LogP contribution in [-0.4, -0.2) is 53.2 Å². The van der Waals surface area contributed by atoms with Gasteiger partial charge in [0.1, 0.15) is 6.54 Å². The maximum absolute atomic E-state index is 13.1. The van der Waals surface area contributed by atoms with Crippen LogP contribution in [0.3, 0.4) is 0 Å². The lowest BCUT2D eigenvalue weighted by Gasteiger charge is -2.31. The summed E-state index contributed by atoms with van der Waals surface area (Å²) in [5.74, 6) is 0.921. The Kier molecular flexibility index (Phi) is 5.70. The van der Waals surface area contributed by atoms with Gasteiger partial charge in [-0.15, -0.1) is 10.2 Å². The minimum absolute atomic E-state index is 0.0419. The number of rotatable bonds is 4. The van der Waals surface area contributed by atoms with Crippen molar-refractivity contribution in [3.8, 4) is 11.5 Å². The second-order valence-corrected chi connectivity index (χ2v) is 9.06. The third-order valence-corrected chi connectivity index (χ3v) is 6.67. The summed E-state index contributed by atoms with van der Waals surface area (Å²) >= 11 is 12.1. The molecular weight excluding hydrogens is 485 g/mol. The molecule has 13 heteroatoms. The largest absolute Gasteiger partial charge is 0.419 e. The van der Waals surface area contributed by atoms with Crippen LogP contribution < -0.4 is 16.1 Å². The van der Waals surface area contributed by atoms with Gasteiger partial charge in [0, 0.05) is 32.7 Å². The van der Waals surface area contributed by atoms with E-state index in [1.165, 1.54) is 11.6 Å². The lowest BCUT2D eigenvalue weighted by Crippen LogP contribution is -2.40. The fraction of sp³-hybridized carbons (Fsp3) is 0.381. The topological polar surface area (TPSA) is 124 Å². The third-order valence-electron chi connectivity index (χ3n) is 5.93. The highest BCUT2D eigenvalue weighted by Gasteiger charge is 2.27. The molecule has 3 aromatic heterocycles. The lowest BCUT2D eigenvalue weighted by atomic mass is 10.1. The molecule has 178 valence electrons. The van der Waals surface area contributed by atoms with E-state index < -0.39 is 17.4 Å². The summed E-state index contributed by atoms with van der Waals surface area (Å²) in [5.41, 5.74) is 0.105. The highest BCUT2D eigenvalue weighted by atomic mass is 35.5. The molecule has 34 heavy (non-hydrogen) atoms. The van der Waals surface area contributed by atoms with E-state index >= 15 is 0 Å². The van der Waals surface area contributed by atoms with Gasteiger partial charge in [0.2, 0.25) is 17.7 Å². The molecule has 1 fully saturated rings. The Bertz CT molecular complexity index is 1520. The van der Waals surface area contributed by atoms with Gasteiger partial charge >= 0.3 is 5.69 Å². The van der Waals surface area contributed by atoms with Crippen LogP contribution in [0, 0.1) is 0 Å². The van der Waals surface area contributed by atoms with Crippen molar-refractivity contribution >= 4 is 40.3 Å². The van der Waals surface area contributed by atoms with E-state index in [2.05, 4.69) is 15.2 Å². The van der Waals surface area contributed by atoms with Gasteiger partial charge in [-0.1, -0.05) is 23.2 Å². The number of aliphatic hydroxyl groups excluding tert-OH is 1. The van der Waals surface area contributed by atoms with Gasteiger partial charge in [-0.05, 0) is 31.0 Å². The summed E-state index contributed by atoms with van der Waals surface area (Å²) in [7, 11) is 2.98. The summed E-state index contributed by atoms with van der Waals surface area (Å²) < 4.78 is 9.87. The van der Waals surface area contributed by atoms with Crippen molar-refractivity contribution in [1.82, 2.24) is 28.9 Å². The standard InChI is InChI=1S/C21H21Cl2N7O4/c1-27-17-16(19(32)28(2)21(27)33)30(20(24-17)29-7-3-4-12(31)9-29)10-15-25-26-18(34-15)11-5-6-13(22)14(23)8-11/h5-6,8,12,31H,3-4,7,9-10H2,1-2H3. The minimum Gasteiger partial charge on any atom is -0.419 e. The number of aryl methyl sites for hydroxylation is 1. The van der Waals surface area contributed by atoms with Crippen LogP contribution in [0.4, 0.5) is 5.95 Å². The Balaban J connectivity index is 1.63. The maximum atomic E-state index is 13.1. The Labute approximate surface area is 202 Å². The van der Waals surface area contributed by atoms with E-state index in [0.29, 0.717) is 41.1 Å². The number of piperidine rings is 1. The average Bonchev–Trinajstić information content (AvgIpc) is 3.44. The first kappa shape index (κ1) is 22.6. The summed E-state index contributed by atoms with van der Waals surface area (Å²) in [6, 6.07) is 4.97. The first-order valence-electron chi connectivity index (χ1n) is 10.6. The Morgan fingerprint density at radius 1 is 1.15 bits per heavy atom. The molecule has 5 rings (SSSR count). The number of hydrogen-bond acceptors (Lipinski definition) is 8. The van der Waals surface area contributed by atoms with Crippen molar-refractivity contribution in [3.05, 3.63) is 55.0 Å². The molecule has 1 aliphatic rings. The summed E-state index contributed by atoms with van der Waals surface area (Å²) in [6.07, 6.45) is 0.940. The van der Waals surface area contributed by atoms with Gasteiger partial charge in [-0.25, -0.2) is 4.79 Å². The smallest absolute Gasteiger partial charge is 0.332 e. The molecule has 0 radical (unpaired) electrons. The van der Waals surface area contributed by atoms with Crippen LogP contribution >= 0.6 is 23.2 Å². The van der Waals surface area contributed by atoms with Crippen molar-refractivity contribution in [3.63, 3.8) is 0 Å². The van der Waals surface area contributed by atoms with Crippen LogP contribution in [-0.2, 0) is 20.6 Å². The number of aliphatic hydroxyl groups is 1. The molecule has 0 bridgehead atoms. The maximum Gasteiger partial charge on any atom is 0.332 e. The molecule has 1 aliphatic heterocycles. The number of halogens is 2. The number of benzene rings is 1. The molecule has 1 N–H and O–H groups in total. The fourth-order valence-corrected chi connectivity index (χ4v) is 4.46. The number of fused-ring (bicyclic) bond motifs is 1. The Morgan fingerprint density at radius 2 is 1.94 bits per heavy atom. The van der Waals surface area contributed by atoms with Gasteiger partial charge in [-0.2, -0.15) is 4.98 Å². The zero-order valence-corrected chi connectivity index (χ0v) is 19.9. The van der Waals surface area contributed by atoms with Gasteiger partial charge in [-0.3, -0.25) is 18.5 Å². The van der Waals surface area contributed by atoms with Gasteiger partial charge in [0.15, 0.2) is 11.2 Å². The van der Waals surface area contributed by atoms with Crippen LogP contribution in [0.15, 0.2) is 32.2 Å². The predicted molar refractivity (Wildman–Crippen MR) is 127 cm³/mol. The highest BCUT2D eigenvalue weighted by Crippen LogP contribution is 2.29. The Hall–Kier alpha value is -3.15. The van der Waals surface area contributed by atoms with Crippen molar-refractivity contribution in [2.45, 2.75) is 25.5 Å². The zero-order valence-electron chi connectivity index (χ0n) is 18.4. The van der Waals surface area contributed by atoms with E-state index in [1.807, 2.05) is 4.90 Å². The zero-order chi connectivity index (χ0) is 24.1. The molecular formula is C21H21Cl2N7O4. The number of hydrogen-bond donors (Lipinski definition) is 1. The molecule has 11 nitrogen and oxygen atoms in total. The molecule has 0 amide bonds. The first-order valence-corrected chi connectivity index (χ1v) is 11.4. The fourth-order valence-electron chi connectivity index (χ4n) is 4.16. The normalized spacial score (nSPS) is 16.5. The van der Waals surface area contributed by atoms with Crippen LogP contribution in [0.1, 0.15) is 18.7 Å². The van der Waals surface area contributed by atoms with E-state index in [-0.39, 0.29) is 29.5 Å². The molecule has 0 aliphatic carbocycles. The molecule has 1 aromatic carbocycles. The minimum atomic E-state index is -0.515. The van der Waals surface area contributed by atoms with Crippen molar-refractivity contribution < 1.29 is 9.52 Å². The summed E-state index contributed by atoms with van der Waals surface area (Å²) in [6.45, 7) is 1.04. The lowest BCUT2D eigenvalue weighted by molar-refractivity contribution is 0.153. The van der Waals surface area contributed by atoms with Gasteiger partial charge in [0.05, 0.1) is 16.1 Å². The van der Waals surface area contributed by atoms with Crippen molar-refractivity contribution in [1.29, 1.82) is 0 Å². The predicted octanol–water partition coefficient (Wildman–Crippen LogP) is 1.80. The monoisotopic (exact) mass is 505 g/mol. The van der Waals surface area contributed by atoms with Gasteiger partial charge in [0.25, 0.3) is 5.56 Å². The molecule has 0 saturated carbocycles. The molecule has 1 unspecified atom stereocenters. The van der Waals surface area contributed by atoms with E-state index in [9.17, 15) is 14.7 Å². The van der Waals surface area contributed by atoms with E-state index in [4.69, 9.17) is 27.6 Å². The van der Waals surface area contributed by atoms with Crippen LogP contribution in [0.2, 0.25) is 10.0 Å². The van der Waals surface area contributed by atoms with Crippen LogP contribution in [0.25, 0.3) is 22.6 Å². The van der Waals surface area contributed by atoms with Gasteiger partial charge < -0.3 is 14.4 Å². The summed E-state index contributed by atoms with van der Waals surface area (Å²) in [4.78, 5) is 32.1. The number of imidazole rings is 1. The van der Waals surface area contributed by atoms with E-state index in [0.717, 1.165) is 11.0 Å². The van der Waals surface area contributed by atoms with E-state index in [1.54, 1.807) is 29.8 Å². The molecule has 1 atom stereocenters. The molecule has 4 aromatic rings.